The number of fused-ring (bicyclic) bond motifs is 1. The number of aliphatic hydroxyl groups is 1. The number of para-hydroxylation sites is 1. The van der Waals surface area contributed by atoms with Crippen LogP contribution in [0.1, 0.15) is 5.56 Å². The fourth-order valence-electron chi connectivity index (χ4n) is 2.40. The Bertz CT molecular complexity index is 911. The number of ether oxygens (including phenoxy) is 1. The Hall–Kier alpha value is -2.31. The van der Waals surface area contributed by atoms with Gasteiger partial charge < -0.3 is 9.84 Å². The second-order valence-electron chi connectivity index (χ2n) is 4.81. The maximum Gasteiger partial charge on any atom is 0.268 e. The van der Waals surface area contributed by atoms with Crippen molar-refractivity contribution in [2.24, 2.45) is 0 Å². The first kappa shape index (κ1) is 14.6. The minimum atomic E-state index is -3.73. The summed E-state index contributed by atoms with van der Waals surface area (Å²) in [6.45, 7) is -0.217. The molecule has 0 saturated heterocycles. The Morgan fingerprint density at radius 3 is 2.41 bits per heavy atom. The van der Waals surface area contributed by atoms with E-state index in [2.05, 4.69) is 0 Å². The summed E-state index contributed by atoms with van der Waals surface area (Å²) in [6, 6.07) is 13.3. The highest BCUT2D eigenvalue weighted by Gasteiger charge is 2.20. The van der Waals surface area contributed by atoms with Crippen molar-refractivity contribution >= 4 is 20.9 Å². The van der Waals surface area contributed by atoms with Crippen LogP contribution in [0.3, 0.4) is 0 Å². The number of rotatable bonds is 4. The summed E-state index contributed by atoms with van der Waals surface area (Å²) >= 11 is 0. The highest BCUT2D eigenvalue weighted by atomic mass is 32.2. The van der Waals surface area contributed by atoms with E-state index in [0.29, 0.717) is 16.8 Å². The lowest BCUT2D eigenvalue weighted by Gasteiger charge is -2.08. The zero-order chi connectivity index (χ0) is 15.7. The summed E-state index contributed by atoms with van der Waals surface area (Å²) < 4.78 is 31.9. The van der Waals surface area contributed by atoms with Gasteiger partial charge in [0.05, 0.1) is 24.1 Å². The highest BCUT2D eigenvalue weighted by molar-refractivity contribution is 7.90. The molecule has 0 aliphatic carbocycles. The van der Waals surface area contributed by atoms with Crippen LogP contribution >= 0.6 is 0 Å². The standard InChI is InChI=1S/C16H15NO4S/c1-21-13-6-8-14(9-7-13)22(19,20)17-10-12(11-18)15-4-2-3-5-16(15)17/h2-10,18H,11H2,1H3. The number of benzene rings is 2. The van der Waals surface area contributed by atoms with E-state index in [9.17, 15) is 13.5 Å². The summed E-state index contributed by atoms with van der Waals surface area (Å²) in [5, 5.41) is 10.2. The summed E-state index contributed by atoms with van der Waals surface area (Å²) in [5.74, 6) is 0.590. The molecule has 0 unspecified atom stereocenters. The predicted octanol–water partition coefficient (Wildman–Crippen LogP) is 2.38. The first-order chi connectivity index (χ1) is 10.6. The van der Waals surface area contributed by atoms with Crippen LogP contribution in [-0.2, 0) is 16.6 Å². The lowest BCUT2D eigenvalue weighted by molar-refractivity contribution is 0.283. The van der Waals surface area contributed by atoms with Gasteiger partial charge in [0.1, 0.15) is 5.75 Å². The van der Waals surface area contributed by atoms with E-state index in [1.54, 1.807) is 30.3 Å². The van der Waals surface area contributed by atoms with E-state index >= 15 is 0 Å². The SMILES string of the molecule is COc1ccc(S(=O)(=O)n2cc(CO)c3ccccc32)cc1. The Balaban J connectivity index is 2.20. The fraction of sp³-hybridized carbons (Fsp3) is 0.125. The normalized spacial score (nSPS) is 11.7. The third-order valence-electron chi connectivity index (χ3n) is 3.55. The van der Waals surface area contributed by atoms with Crippen LogP contribution in [0, 0.1) is 0 Å². The first-order valence-corrected chi connectivity index (χ1v) is 8.11. The summed E-state index contributed by atoms with van der Waals surface area (Å²) in [6.07, 6.45) is 1.46. The highest BCUT2D eigenvalue weighted by Crippen LogP contribution is 2.26. The third-order valence-corrected chi connectivity index (χ3v) is 5.24. The first-order valence-electron chi connectivity index (χ1n) is 6.67. The quantitative estimate of drug-likeness (QED) is 0.802. The van der Waals surface area contributed by atoms with E-state index in [4.69, 9.17) is 4.74 Å². The minimum Gasteiger partial charge on any atom is -0.497 e. The average Bonchev–Trinajstić information content (AvgIpc) is 2.94. The molecular formula is C16H15NO4S. The van der Waals surface area contributed by atoms with Gasteiger partial charge in [-0.05, 0) is 30.3 Å². The van der Waals surface area contributed by atoms with Crippen molar-refractivity contribution in [3.05, 3.63) is 60.3 Å². The number of aliphatic hydroxyl groups excluding tert-OH is 1. The average molecular weight is 317 g/mol. The van der Waals surface area contributed by atoms with Gasteiger partial charge in [0.2, 0.25) is 0 Å². The van der Waals surface area contributed by atoms with Crippen LogP contribution in [-0.4, -0.2) is 24.6 Å². The number of hydrogen-bond acceptors (Lipinski definition) is 4. The Kier molecular flexibility index (Phi) is 3.64. The molecule has 0 aliphatic heterocycles. The van der Waals surface area contributed by atoms with Gasteiger partial charge in [-0.25, -0.2) is 12.4 Å². The Morgan fingerprint density at radius 2 is 1.77 bits per heavy atom. The molecule has 0 amide bonds. The topological polar surface area (TPSA) is 68.5 Å². The molecule has 114 valence electrons. The minimum absolute atomic E-state index is 0.165. The smallest absolute Gasteiger partial charge is 0.268 e. The molecule has 2 aromatic carbocycles. The second-order valence-corrected chi connectivity index (χ2v) is 6.62. The third kappa shape index (κ3) is 2.26. The van der Waals surface area contributed by atoms with Gasteiger partial charge in [-0.2, -0.15) is 0 Å². The van der Waals surface area contributed by atoms with Crippen molar-refractivity contribution in [2.45, 2.75) is 11.5 Å². The molecular weight excluding hydrogens is 302 g/mol. The molecule has 0 aliphatic rings. The van der Waals surface area contributed by atoms with Gasteiger partial charge >= 0.3 is 0 Å². The van der Waals surface area contributed by atoms with E-state index < -0.39 is 10.0 Å². The molecule has 0 radical (unpaired) electrons. The van der Waals surface area contributed by atoms with E-state index in [1.807, 2.05) is 6.07 Å². The van der Waals surface area contributed by atoms with E-state index in [1.165, 1.54) is 29.4 Å². The molecule has 6 heteroatoms. The number of hydrogen-bond donors (Lipinski definition) is 1. The van der Waals surface area contributed by atoms with Gasteiger partial charge in [0.25, 0.3) is 10.0 Å². The molecule has 5 nitrogen and oxygen atoms in total. The van der Waals surface area contributed by atoms with Gasteiger partial charge in [-0.3, -0.25) is 0 Å². The van der Waals surface area contributed by atoms with Gasteiger partial charge in [-0.1, -0.05) is 18.2 Å². The maximum absolute atomic E-state index is 12.8. The van der Waals surface area contributed by atoms with Crippen LogP contribution in [0.25, 0.3) is 10.9 Å². The molecule has 0 saturated carbocycles. The van der Waals surface area contributed by atoms with Crippen molar-refractivity contribution < 1.29 is 18.3 Å². The van der Waals surface area contributed by atoms with Crippen molar-refractivity contribution in [1.29, 1.82) is 0 Å². The zero-order valence-electron chi connectivity index (χ0n) is 11.9. The van der Waals surface area contributed by atoms with Crippen molar-refractivity contribution in [3.8, 4) is 5.75 Å². The monoisotopic (exact) mass is 317 g/mol. The molecule has 0 atom stereocenters. The Morgan fingerprint density at radius 1 is 1.09 bits per heavy atom. The summed E-state index contributed by atoms with van der Waals surface area (Å²) in [5.41, 5.74) is 1.12. The van der Waals surface area contributed by atoms with Crippen LogP contribution in [0.15, 0.2) is 59.6 Å². The molecule has 3 aromatic rings. The van der Waals surface area contributed by atoms with E-state index in [-0.39, 0.29) is 11.5 Å². The van der Waals surface area contributed by atoms with Crippen molar-refractivity contribution in [2.75, 3.05) is 7.11 Å². The lowest BCUT2D eigenvalue weighted by atomic mass is 10.2. The Labute approximate surface area is 128 Å². The second kappa shape index (κ2) is 5.47. The van der Waals surface area contributed by atoms with Crippen LogP contribution in [0.4, 0.5) is 0 Å². The largest absolute Gasteiger partial charge is 0.497 e. The molecule has 22 heavy (non-hydrogen) atoms. The molecule has 1 N–H and O–H groups in total. The summed E-state index contributed by atoms with van der Waals surface area (Å²) in [4.78, 5) is 0.165. The van der Waals surface area contributed by atoms with Gasteiger partial charge in [0, 0.05) is 17.1 Å². The van der Waals surface area contributed by atoms with Gasteiger partial charge in [0.15, 0.2) is 0 Å². The molecule has 0 fully saturated rings. The number of methoxy groups -OCH3 is 1. The molecule has 3 rings (SSSR count). The van der Waals surface area contributed by atoms with Gasteiger partial charge in [-0.15, -0.1) is 0 Å². The van der Waals surface area contributed by atoms with Crippen molar-refractivity contribution in [1.82, 2.24) is 3.97 Å². The number of aromatic nitrogens is 1. The fourth-order valence-corrected chi connectivity index (χ4v) is 3.80. The molecule has 0 spiro atoms. The zero-order valence-corrected chi connectivity index (χ0v) is 12.7. The predicted molar refractivity (Wildman–Crippen MR) is 83.4 cm³/mol. The van der Waals surface area contributed by atoms with Crippen LogP contribution in [0.5, 0.6) is 5.75 Å². The van der Waals surface area contributed by atoms with E-state index in [0.717, 1.165) is 5.39 Å². The van der Waals surface area contributed by atoms with Crippen LogP contribution in [0.2, 0.25) is 0 Å². The molecule has 0 bridgehead atoms. The maximum atomic E-state index is 12.8. The molecule has 1 heterocycles. The van der Waals surface area contributed by atoms with Crippen LogP contribution < -0.4 is 4.74 Å². The molecule has 1 aromatic heterocycles. The number of nitrogens with zero attached hydrogens (tertiary/aromatic N) is 1. The lowest BCUT2D eigenvalue weighted by Crippen LogP contribution is -2.11. The van der Waals surface area contributed by atoms with Crippen molar-refractivity contribution in [3.63, 3.8) is 0 Å². The summed E-state index contributed by atoms with van der Waals surface area (Å²) in [7, 11) is -2.21.